The van der Waals surface area contributed by atoms with Crippen LogP contribution < -0.4 is 0 Å². The predicted molar refractivity (Wildman–Crippen MR) is 127 cm³/mol. The summed E-state index contributed by atoms with van der Waals surface area (Å²) >= 11 is 0. The Kier molecular flexibility index (Phi) is 6.08. The van der Waals surface area contributed by atoms with Crippen LogP contribution in [0.5, 0.6) is 0 Å². The molecular formula is C27H32N4O. The van der Waals surface area contributed by atoms with Gasteiger partial charge in [-0.15, -0.1) is 0 Å². The molecule has 0 spiro atoms. The first-order valence-corrected chi connectivity index (χ1v) is 11.9. The number of piperidine rings is 1. The van der Waals surface area contributed by atoms with Crippen molar-refractivity contribution in [1.82, 2.24) is 20.0 Å². The highest BCUT2D eigenvalue weighted by Gasteiger charge is 2.29. The lowest BCUT2D eigenvalue weighted by molar-refractivity contribution is 0.0732. The maximum Gasteiger partial charge on any atom is 0.257 e. The van der Waals surface area contributed by atoms with Gasteiger partial charge in [0, 0.05) is 25.6 Å². The number of fused-ring (bicyclic) bond motifs is 1. The zero-order valence-corrected chi connectivity index (χ0v) is 18.8. The lowest BCUT2D eigenvalue weighted by atomic mass is 9.90. The molecule has 166 valence electrons. The minimum absolute atomic E-state index is 0.114. The fourth-order valence-corrected chi connectivity index (χ4v) is 5.30. The van der Waals surface area contributed by atoms with Gasteiger partial charge in [0.2, 0.25) is 0 Å². The number of aromatic nitrogens is 2. The van der Waals surface area contributed by atoms with Crippen molar-refractivity contribution in [2.45, 2.75) is 44.6 Å². The smallest absolute Gasteiger partial charge is 0.257 e. The van der Waals surface area contributed by atoms with Crippen LogP contribution in [0.2, 0.25) is 0 Å². The highest BCUT2D eigenvalue weighted by molar-refractivity contribution is 5.95. The molecule has 3 aromatic rings. The molecule has 1 atom stereocenters. The van der Waals surface area contributed by atoms with E-state index in [9.17, 15) is 4.79 Å². The molecule has 5 heteroatoms. The van der Waals surface area contributed by atoms with Crippen LogP contribution in [0.1, 0.15) is 64.3 Å². The molecule has 1 N–H and O–H groups in total. The zero-order chi connectivity index (χ0) is 21.9. The van der Waals surface area contributed by atoms with Gasteiger partial charge in [0.1, 0.15) is 0 Å². The normalized spacial score (nSPS) is 18.3. The summed E-state index contributed by atoms with van der Waals surface area (Å²) in [6.45, 7) is 6.98. The van der Waals surface area contributed by atoms with Crippen LogP contribution in [0.15, 0.2) is 60.8 Å². The van der Waals surface area contributed by atoms with Crippen molar-refractivity contribution < 1.29 is 4.79 Å². The van der Waals surface area contributed by atoms with Gasteiger partial charge in [-0.05, 0) is 55.0 Å². The lowest BCUT2D eigenvalue weighted by Gasteiger charge is -2.34. The highest BCUT2D eigenvalue weighted by Crippen LogP contribution is 2.31. The molecule has 2 aromatic carbocycles. The van der Waals surface area contributed by atoms with E-state index < -0.39 is 0 Å². The molecule has 0 saturated carbocycles. The second-order valence-electron chi connectivity index (χ2n) is 9.33. The van der Waals surface area contributed by atoms with E-state index in [0.29, 0.717) is 18.4 Å². The minimum atomic E-state index is 0.114. The molecule has 2 aliphatic rings. The number of amides is 1. The summed E-state index contributed by atoms with van der Waals surface area (Å²) in [6.07, 6.45) is 4.79. The number of nitrogens with zero attached hydrogens (tertiary/aromatic N) is 3. The van der Waals surface area contributed by atoms with E-state index in [0.717, 1.165) is 56.7 Å². The number of rotatable bonds is 5. The fraction of sp³-hybridized carbons (Fsp3) is 0.407. The maximum absolute atomic E-state index is 13.4. The molecular weight excluding hydrogens is 396 g/mol. The first-order valence-electron chi connectivity index (χ1n) is 11.9. The van der Waals surface area contributed by atoms with Gasteiger partial charge in [0.25, 0.3) is 5.91 Å². The summed E-state index contributed by atoms with van der Waals surface area (Å²) in [7, 11) is 0. The van der Waals surface area contributed by atoms with E-state index in [1.807, 2.05) is 4.90 Å². The van der Waals surface area contributed by atoms with E-state index in [-0.39, 0.29) is 5.91 Å². The summed E-state index contributed by atoms with van der Waals surface area (Å²) in [5.41, 5.74) is 5.82. The van der Waals surface area contributed by atoms with Gasteiger partial charge in [-0.2, -0.15) is 5.10 Å². The Bertz CT molecular complexity index is 1050. The van der Waals surface area contributed by atoms with Gasteiger partial charge in [-0.25, -0.2) is 0 Å². The number of benzene rings is 2. The SMILES string of the molecule is CC(CN1CCC(c2[nH]ncc2C(=O)N2CCc3ccccc3C2)CC1)c1ccccc1. The van der Waals surface area contributed by atoms with E-state index in [4.69, 9.17) is 0 Å². The third-order valence-electron chi connectivity index (χ3n) is 7.21. The number of aromatic amines is 1. The molecule has 5 rings (SSSR count). The average molecular weight is 429 g/mol. The standard InChI is InChI=1S/C27H32N4O/c1-20(21-7-3-2-4-8-21)18-30-14-11-23(12-15-30)26-25(17-28-29-26)27(32)31-16-13-22-9-5-6-10-24(22)19-31/h2-10,17,20,23H,11-16,18-19H2,1H3,(H,28,29). The monoisotopic (exact) mass is 428 g/mol. The number of hydrogen-bond donors (Lipinski definition) is 1. The molecule has 0 radical (unpaired) electrons. The Morgan fingerprint density at radius 3 is 2.53 bits per heavy atom. The van der Waals surface area contributed by atoms with E-state index in [1.54, 1.807) is 6.20 Å². The van der Waals surface area contributed by atoms with Gasteiger partial charge in [-0.3, -0.25) is 9.89 Å². The second-order valence-corrected chi connectivity index (χ2v) is 9.33. The summed E-state index contributed by atoms with van der Waals surface area (Å²) in [5.74, 6) is 1.01. The van der Waals surface area contributed by atoms with Crippen LogP contribution in [0.4, 0.5) is 0 Å². The van der Waals surface area contributed by atoms with Crippen molar-refractivity contribution in [1.29, 1.82) is 0 Å². The van der Waals surface area contributed by atoms with Gasteiger partial charge in [0.05, 0.1) is 17.5 Å². The molecule has 1 unspecified atom stereocenters. The number of hydrogen-bond acceptors (Lipinski definition) is 3. The fourth-order valence-electron chi connectivity index (χ4n) is 5.30. The Balaban J connectivity index is 1.21. The average Bonchev–Trinajstić information content (AvgIpc) is 3.34. The Hall–Kier alpha value is -2.92. The lowest BCUT2D eigenvalue weighted by Crippen LogP contribution is -2.38. The third-order valence-corrected chi connectivity index (χ3v) is 7.21. The van der Waals surface area contributed by atoms with Gasteiger partial charge in [-0.1, -0.05) is 61.5 Å². The summed E-state index contributed by atoms with van der Waals surface area (Å²) in [4.78, 5) is 17.9. The molecule has 1 fully saturated rings. The molecule has 32 heavy (non-hydrogen) atoms. The molecule has 0 bridgehead atoms. The van der Waals surface area contributed by atoms with E-state index >= 15 is 0 Å². The number of nitrogens with one attached hydrogen (secondary N) is 1. The molecule has 1 aromatic heterocycles. The number of carbonyl (C=O) groups is 1. The molecule has 1 amide bonds. The highest BCUT2D eigenvalue weighted by atomic mass is 16.2. The Morgan fingerprint density at radius 2 is 1.75 bits per heavy atom. The quantitative estimate of drug-likeness (QED) is 0.647. The molecule has 0 aliphatic carbocycles. The Morgan fingerprint density at radius 1 is 1.03 bits per heavy atom. The van der Waals surface area contributed by atoms with Crippen LogP contribution >= 0.6 is 0 Å². The van der Waals surface area contributed by atoms with E-state index in [1.165, 1.54) is 16.7 Å². The van der Waals surface area contributed by atoms with Gasteiger partial charge < -0.3 is 9.80 Å². The van der Waals surface area contributed by atoms with Crippen LogP contribution in [-0.4, -0.2) is 52.1 Å². The van der Waals surface area contributed by atoms with E-state index in [2.05, 4.69) is 76.6 Å². The molecule has 3 heterocycles. The van der Waals surface area contributed by atoms with Crippen LogP contribution in [0, 0.1) is 0 Å². The van der Waals surface area contributed by atoms with Gasteiger partial charge >= 0.3 is 0 Å². The van der Waals surface area contributed by atoms with Crippen molar-refractivity contribution in [3.05, 3.63) is 88.7 Å². The van der Waals surface area contributed by atoms with Crippen LogP contribution in [0.25, 0.3) is 0 Å². The van der Waals surface area contributed by atoms with Gasteiger partial charge in [0.15, 0.2) is 0 Å². The van der Waals surface area contributed by atoms with Crippen molar-refractivity contribution in [2.75, 3.05) is 26.2 Å². The summed E-state index contributed by atoms with van der Waals surface area (Å²) in [6, 6.07) is 19.2. The van der Waals surface area contributed by atoms with Crippen molar-refractivity contribution in [2.24, 2.45) is 0 Å². The first-order chi connectivity index (χ1) is 15.7. The number of H-pyrrole nitrogens is 1. The van der Waals surface area contributed by atoms with Crippen molar-refractivity contribution in [3.8, 4) is 0 Å². The second kappa shape index (κ2) is 9.29. The molecule has 2 aliphatic heterocycles. The predicted octanol–water partition coefficient (Wildman–Crippen LogP) is 4.59. The van der Waals surface area contributed by atoms with Crippen LogP contribution in [-0.2, 0) is 13.0 Å². The largest absolute Gasteiger partial charge is 0.334 e. The summed E-state index contributed by atoms with van der Waals surface area (Å²) in [5, 5.41) is 7.46. The maximum atomic E-state index is 13.4. The molecule has 5 nitrogen and oxygen atoms in total. The minimum Gasteiger partial charge on any atom is -0.334 e. The number of likely N-dealkylation sites (tertiary alicyclic amines) is 1. The summed E-state index contributed by atoms with van der Waals surface area (Å²) < 4.78 is 0. The zero-order valence-electron chi connectivity index (χ0n) is 18.8. The van der Waals surface area contributed by atoms with Crippen molar-refractivity contribution in [3.63, 3.8) is 0 Å². The number of carbonyl (C=O) groups excluding carboxylic acids is 1. The Labute approximate surface area is 190 Å². The topological polar surface area (TPSA) is 52.2 Å². The first kappa shape index (κ1) is 21.0. The van der Waals surface area contributed by atoms with Crippen LogP contribution in [0.3, 0.4) is 0 Å². The molecule has 1 saturated heterocycles. The van der Waals surface area contributed by atoms with Crippen molar-refractivity contribution >= 4 is 5.91 Å². The third kappa shape index (κ3) is 4.35.